The molecule has 90 valence electrons. The first kappa shape index (κ1) is 13.2. The maximum absolute atomic E-state index is 11.8. The summed E-state index contributed by atoms with van der Waals surface area (Å²) in [6.45, 7) is 2.04. The smallest absolute Gasteiger partial charge is 0.223 e. The maximum Gasteiger partial charge on any atom is 0.223 e. The summed E-state index contributed by atoms with van der Waals surface area (Å²) in [4.78, 5) is 17.2. The second-order valence-corrected chi connectivity index (χ2v) is 3.92. The number of nitrogens with zero attached hydrogens (tertiary/aromatic N) is 3. The third-order valence-electron chi connectivity index (χ3n) is 2.67. The normalized spacial score (nSPS) is 11.6. The van der Waals surface area contributed by atoms with E-state index in [1.807, 2.05) is 6.92 Å². The van der Waals surface area contributed by atoms with Crippen LogP contribution in [0.15, 0.2) is 24.5 Å². The van der Waals surface area contributed by atoms with Crippen molar-refractivity contribution < 1.29 is 4.79 Å². The Morgan fingerprint density at radius 1 is 1.53 bits per heavy atom. The van der Waals surface area contributed by atoms with Gasteiger partial charge in [0.2, 0.25) is 5.91 Å². The van der Waals surface area contributed by atoms with Crippen molar-refractivity contribution in [1.82, 2.24) is 9.88 Å². The molecule has 1 aromatic rings. The summed E-state index contributed by atoms with van der Waals surface area (Å²) in [5, 5.41) is 9.16. The van der Waals surface area contributed by atoms with Crippen molar-refractivity contribution in [2.24, 2.45) is 0 Å². The van der Waals surface area contributed by atoms with E-state index >= 15 is 0 Å². The van der Waals surface area contributed by atoms with Crippen LogP contribution in [-0.2, 0) is 4.79 Å². The number of carbonyl (C=O) groups is 1. The fourth-order valence-electron chi connectivity index (χ4n) is 1.58. The molecule has 0 aromatic carbocycles. The SMILES string of the molecule is CCCCC(=O)N(C)C(C#N)c1ccncc1. The van der Waals surface area contributed by atoms with Gasteiger partial charge in [-0.05, 0) is 24.1 Å². The zero-order chi connectivity index (χ0) is 12.7. The molecule has 1 amide bonds. The molecule has 0 saturated carbocycles. The van der Waals surface area contributed by atoms with Crippen LogP contribution in [0.3, 0.4) is 0 Å². The van der Waals surface area contributed by atoms with Gasteiger partial charge in [-0.25, -0.2) is 0 Å². The van der Waals surface area contributed by atoms with Crippen molar-refractivity contribution in [2.75, 3.05) is 7.05 Å². The number of unbranched alkanes of at least 4 members (excludes halogenated alkanes) is 1. The molecule has 1 atom stereocenters. The van der Waals surface area contributed by atoms with Gasteiger partial charge in [-0.2, -0.15) is 5.26 Å². The van der Waals surface area contributed by atoms with Crippen LogP contribution in [0.25, 0.3) is 0 Å². The Morgan fingerprint density at radius 3 is 2.71 bits per heavy atom. The van der Waals surface area contributed by atoms with Crippen molar-refractivity contribution in [3.8, 4) is 6.07 Å². The summed E-state index contributed by atoms with van der Waals surface area (Å²) in [6.07, 6.45) is 5.59. The fourth-order valence-corrected chi connectivity index (χ4v) is 1.58. The van der Waals surface area contributed by atoms with Crippen molar-refractivity contribution in [2.45, 2.75) is 32.2 Å². The average molecular weight is 231 g/mol. The van der Waals surface area contributed by atoms with E-state index in [0.29, 0.717) is 6.42 Å². The zero-order valence-electron chi connectivity index (χ0n) is 10.3. The van der Waals surface area contributed by atoms with Gasteiger partial charge in [0.1, 0.15) is 6.04 Å². The largest absolute Gasteiger partial charge is 0.326 e. The van der Waals surface area contributed by atoms with E-state index in [2.05, 4.69) is 11.1 Å². The Morgan fingerprint density at radius 2 is 2.18 bits per heavy atom. The lowest BCUT2D eigenvalue weighted by atomic mass is 10.1. The lowest BCUT2D eigenvalue weighted by Gasteiger charge is -2.22. The van der Waals surface area contributed by atoms with Crippen molar-refractivity contribution >= 4 is 5.91 Å². The summed E-state index contributed by atoms with van der Waals surface area (Å²) in [5.74, 6) is 0.00946. The topological polar surface area (TPSA) is 57.0 Å². The maximum atomic E-state index is 11.8. The molecule has 4 nitrogen and oxygen atoms in total. The summed E-state index contributed by atoms with van der Waals surface area (Å²) in [7, 11) is 1.67. The molecular formula is C13H17N3O. The number of carbonyl (C=O) groups excluding carboxylic acids is 1. The van der Waals surface area contributed by atoms with Gasteiger partial charge >= 0.3 is 0 Å². The van der Waals surface area contributed by atoms with Crippen LogP contribution in [0.4, 0.5) is 0 Å². The van der Waals surface area contributed by atoms with Crippen LogP contribution in [0, 0.1) is 11.3 Å². The number of amides is 1. The molecule has 1 heterocycles. The third-order valence-corrected chi connectivity index (χ3v) is 2.67. The Bertz CT molecular complexity index is 397. The molecule has 17 heavy (non-hydrogen) atoms. The highest BCUT2D eigenvalue weighted by atomic mass is 16.2. The fraction of sp³-hybridized carbons (Fsp3) is 0.462. The predicted octanol–water partition coefficient (Wildman–Crippen LogP) is 2.29. The highest BCUT2D eigenvalue weighted by Gasteiger charge is 2.20. The molecule has 0 aliphatic carbocycles. The van der Waals surface area contributed by atoms with Crippen LogP contribution >= 0.6 is 0 Å². The minimum atomic E-state index is -0.526. The number of pyridine rings is 1. The van der Waals surface area contributed by atoms with Crippen LogP contribution < -0.4 is 0 Å². The Kier molecular flexibility index (Phi) is 5.15. The zero-order valence-corrected chi connectivity index (χ0v) is 10.3. The van der Waals surface area contributed by atoms with Crippen molar-refractivity contribution in [3.63, 3.8) is 0 Å². The van der Waals surface area contributed by atoms with Gasteiger partial charge in [-0.1, -0.05) is 13.3 Å². The predicted molar refractivity (Wildman–Crippen MR) is 64.9 cm³/mol. The second kappa shape index (κ2) is 6.64. The summed E-state index contributed by atoms with van der Waals surface area (Å²) in [5.41, 5.74) is 0.801. The van der Waals surface area contributed by atoms with E-state index in [-0.39, 0.29) is 5.91 Å². The molecule has 0 spiro atoms. The molecule has 0 N–H and O–H groups in total. The molecule has 0 aliphatic rings. The van der Waals surface area contributed by atoms with Gasteiger partial charge in [-0.15, -0.1) is 0 Å². The molecule has 1 rings (SSSR count). The molecule has 0 radical (unpaired) electrons. The van der Waals surface area contributed by atoms with Gasteiger partial charge in [0.15, 0.2) is 0 Å². The number of nitriles is 1. The highest BCUT2D eigenvalue weighted by Crippen LogP contribution is 2.18. The minimum Gasteiger partial charge on any atom is -0.326 e. The van der Waals surface area contributed by atoms with E-state index in [4.69, 9.17) is 5.26 Å². The second-order valence-electron chi connectivity index (χ2n) is 3.92. The average Bonchev–Trinajstić information content (AvgIpc) is 2.38. The van der Waals surface area contributed by atoms with Gasteiger partial charge in [0, 0.05) is 25.9 Å². The highest BCUT2D eigenvalue weighted by molar-refractivity contribution is 5.76. The summed E-state index contributed by atoms with van der Waals surface area (Å²) in [6, 6.07) is 5.15. The van der Waals surface area contributed by atoms with E-state index in [0.717, 1.165) is 18.4 Å². The van der Waals surface area contributed by atoms with E-state index in [9.17, 15) is 4.79 Å². The number of rotatable bonds is 5. The lowest BCUT2D eigenvalue weighted by molar-refractivity contribution is -0.131. The first-order valence-corrected chi connectivity index (χ1v) is 5.76. The molecule has 0 bridgehead atoms. The summed E-state index contributed by atoms with van der Waals surface area (Å²) < 4.78 is 0. The van der Waals surface area contributed by atoms with Crippen LogP contribution in [0.1, 0.15) is 37.8 Å². The van der Waals surface area contributed by atoms with Gasteiger partial charge in [0.05, 0.1) is 6.07 Å². The summed E-state index contributed by atoms with van der Waals surface area (Å²) >= 11 is 0. The van der Waals surface area contributed by atoms with Crippen molar-refractivity contribution in [1.29, 1.82) is 5.26 Å². The standard InChI is InChI=1S/C13H17N3O/c1-3-4-5-13(17)16(2)12(10-14)11-6-8-15-9-7-11/h6-9,12H,3-5H2,1-2H3. The van der Waals surface area contributed by atoms with Gasteiger partial charge in [-0.3, -0.25) is 9.78 Å². The molecular weight excluding hydrogens is 214 g/mol. The van der Waals surface area contributed by atoms with Gasteiger partial charge < -0.3 is 4.90 Å². The number of aromatic nitrogens is 1. The van der Waals surface area contributed by atoms with Crippen LogP contribution in [-0.4, -0.2) is 22.8 Å². The number of hydrogen-bond acceptors (Lipinski definition) is 3. The molecule has 4 heteroatoms. The van der Waals surface area contributed by atoms with Crippen LogP contribution in [0.5, 0.6) is 0 Å². The van der Waals surface area contributed by atoms with Crippen molar-refractivity contribution in [3.05, 3.63) is 30.1 Å². The lowest BCUT2D eigenvalue weighted by Crippen LogP contribution is -2.30. The first-order chi connectivity index (χ1) is 8.20. The quantitative estimate of drug-likeness (QED) is 0.781. The molecule has 0 fully saturated rings. The molecule has 0 saturated heterocycles. The minimum absolute atomic E-state index is 0.00946. The Hall–Kier alpha value is -1.89. The van der Waals surface area contributed by atoms with E-state index < -0.39 is 6.04 Å². The number of hydrogen-bond donors (Lipinski definition) is 0. The third kappa shape index (κ3) is 3.56. The molecule has 0 aliphatic heterocycles. The molecule has 1 aromatic heterocycles. The van der Waals surface area contributed by atoms with E-state index in [1.54, 1.807) is 31.6 Å². The monoisotopic (exact) mass is 231 g/mol. The first-order valence-electron chi connectivity index (χ1n) is 5.76. The molecule has 1 unspecified atom stereocenters. The van der Waals surface area contributed by atoms with E-state index in [1.165, 1.54) is 4.90 Å². The Labute approximate surface area is 102 Å². The Balaban J connectivity index is 2.75. The van der Waals surface area contributed by atoms with Gasteiger partial charge in [0.25, 0.3) is 0 Å². The van der Waals surface area contributed by atoms with Crippen LogP contribution in [0.2, 0.25) is 0 Å².